The number of aliphatic hydroxyl groups excluding tert-OH is 1. The number of aliphatic hydroxyl groups is 1. The second-order valence-corrected chi connectivity index (χ2v) is 15.9. The standard InChI is InChI=1S/C50H46N2O7S/c1-35-33-51(48(55)52(47(35)54)60-50(39-18-10-5-11-19-39,40-20-12-6-13-21-40)41-22-14-7-15-23-41)46-32-44(53)45(59-46)34-58-49(36-16-8-4-9-17-36,37-24-28-42(56-2)29-25-37)38-26-30-43(57-3)31-27-38/h4-31,33,44-46,53H,32,34H2,1-3H3/t44-,45+,46+/m0/s1. The minimum atomic E-state index is -1.14. The Morgan fingerprint density at radius 3 is 1.48 bits per heavy atom. The molecule has 0 bridgehead atoms. The van der Waals surface area contributed by atoms with Gasteiger partial charge in [0, 0.05) is 18.2 Å². The maximum Gasteiger partial charge on any atom is 0.343 e. The molecule has 60 heavy (non-hydrogen) atoms. The van der Waals surface area contributed by atoms with Crippen molar-refractivity contribution in [2.24, 2.45) is 0 Å². The third-order valence-corrected chi connectivity index (χ3v) is 12.7. The molecule has 0 saturated carbocycles. The minimum Gasteiger partial charge on any atom is -0.497 e. The molecule has 6 aromatic carbocycles. The lowest BCUT2D eigenvalue weighted by molar-refractivity contribution is -0.0945. The van der Waals surface area contributed by atoms with E-state index in [9.17, 15) is 14.7 Å². The molecule has 1 aliphatic rings. The van der Waals surface area contributed by atoms with Gasteiger partial charge >= 0.3 is 5.69 Å². The van der Waals surface area contributed by atoms with Crippen LogP contribution < -0.4 is 20.7 Å². The molecular weight excluding hydrogens is 773 g/mol. The molecule has 0 amide bonds. The summed E-state index contributed by atoms with van der Waals surface area (Å²) in [5, 5.41) is 11.7. The van der Waals surface area contributed by atoms with E-state index in [1.54, 1.807) is 21.1 Å². The molecule has 0 unspecified atom stereocenters. The molecule has 1 aliphatic heterocycles. The molecule has 10 heteroatoms. The number of benzene rings is 6. The fraction of sp³-hybridized carbons (Fsp3) is 0.200. The van der Waals surface area contributed by atoms with Crippen molar-refractivity contribution in [2.75, 3.05) is 20.8 Å². The van der Waals surface area contributed by atoms with Crippen molar-refractivity contribution in [1.82, 2.24) is 8.54 Å². The van der Waals surface area contributed by atoms with Crippen LogP contribution in [-0.4, -0.2) is 46.7 Å². The zero-order chi connectivity index (χ0) is 41.7. The van der Waals surface area contributed by atoms with Crippen LogP contribution in [0, 0.1) is 6.92 Å². The Hall–Kier alpha value is -6.17. The number of hydrogen-bond donors (Lipinski definition) is 1. The molecule has 7 aromatic rings. The predicted molar refractivity (Wildman–Crippen MR) is 235 cm³/mol. The molecule has 0 radical (unpaired) electrons. The van der Waals surface area contributed by atoms with Crippen molar-refractivity contribution in [3.63, 3.8) is 0 Å². The normalized spacial score (nSPS) is 16.7. The largest absolute Gasteiger partial charge is 0.497 e. The number of hydrogen-bond acceptors (Lipinski definition) is 8. The van der Waals surface area contributed by atoms with Crippen LogP contribution in [0.2, 0.25) is 0 Å². The van der Waals surface area contributed by atoms with Crippen LogP contribution in [0.25, 0.3) is 0 Å². The maximum atomic E-state index is 14.8. The van der Waals surface area contributed by atoms with Gasteiger partial charge in [-0.15, -0.1) is 0 Å². The zero-order valence-electron chi connectivity index (χ0n) is 33.6. The van der Waals surface area contributed by atoms with E-state index in [4.69, 9.17) is 18.9 Å². The third kappa shape index (κ3) is 7.59. The highest BCUT2D eigenvalue weighted by atomic mass is 32.2. The van der Waals surface area contributed by atoms with E-state index in [2.05, 4.69) is 0 Å². The van der Waals surface area contributed by atoms with Crippen LogP contribution in [0.3, 0.4) is 0 Å². The molecule has 3 atom stereocenters. The quantitative estimate of drug-likeness (QED) is 0.109. The summed E-state index contributed by atoms with van der Waals surface area (Å²) >= 11 is 1.16. The van der Waals surface area contributed by atoms with Crippen molar-refractivity contribution in [2.45, 2.75) is 42.1 Å². The highest BCUT2D eigenvalue weighted by Crippen LogP contribution is 2.48. The number of methoxy groups -OCH3 is 2. The summed E-state index contributed by atoms with van der Waals surface area (Å²) in [5.74, 6) is 1.39. The van der Waals surface area contributed by atoms with Gasteiger partial charge in [-0.1, -0.05) is 146 Å². The lowest BCUT2D eigenvalue weighted by atomic mass is 9.80. The van der Waals surface area contributed by atoms with Gasteiger partial charge in [0.2, 0.25) is 0 Å². The summed E-state index contributed by atoms with van der Waals surface area (Å²) < 4.78 is 26.3. The summed E-state index contributed by atoms with van der Waals surface area (Å²) in [5.41, 5.74) is 3.41. The first-order valence-corrected chi connectivity index (χ1v) is 20.6. The van der Waals surface area contributed by atoms with Gasteiger partial charge in [0.25, 0.3) is 5.56 Å². The van der Waals surface area contributed by atoms with Crippen LogP contribution in [0.15, 0.2) is 186 Å². The third-order valence-electron chi connectivity index (χ3n) is 11.2. The Bertz CT molecular complexity index is 2480. The summed E-state index contributed by atoms with van der Waals surface area (Å²) in [7, 11) is 3.25. The molecule has 304 valence electrons. The topological polar surface area (TPSA) is 101 Å². The maximum absolute atomic E-state index is 14.8. The lowest BCUT2D eigenvalue weighted by Crippen LogP contribution is -2.42. The van der Waals surface area contributed by atoms with E-state index < -0.39 is 40.0 Å². The minimum absolute atomic E-state index is 0.0358. The number of aromatic nitrogens is 2. The predicted octanol–water partition coefficient (Wildman–Crippen LogP) is 8.48. The molecule has 1 saturated heterocycles. The smallest absolute Gasteiger partial charge is 0.343 e. The Balaban J connectivity index is 1.17. The van der Waals surface area contributed by atoms with Gasteiger partial charge in [-0.2, -0.15) is 3.97 Å². The number of aryl methyl sites for hydroxylation is 1. The Kier molecular flexibility index (Phi) is 11.9. The fourth-order valence-corrected chi connectivity index (χ4v) is 9.49. The first-order valence-electron chi connectivity index (χ1n) is 19.8. The Morgan fingerprint density at radius 1 is 0.633 bits per heavy atom. The van der Waals surface area contributed by atoms with E-state index >= 15 is 0 Å². The highest BCUT2D eigenvalue weighted by Gasteiger charge is 2.43. The Labute approximate surface area is 353 Å². The summed E-state index contributed by atoms with van der Waals surface area (Å²) in [6.07, 6.45) is -1.08. The molecule has 9 nitrogen and oxygen atoms in total. The number of nitrogens with zero attached hydrogens (tertiary/aromatic N) is 2. The second kappa shape index (κ2) is 17.6. The average Bonchev–Trinajstić information content (AvgIpc) is 3.69. The van der Waals surface area contributed by atoms with E-state index in [0.717, 1.165) is 45.3 Å². The van der Waals surface area contributed by atoms with Gasteiger partial charge in [-0.3, -0.25) is 9.36 Å². The molecule has 1 N–H and O–H groups in total. The van der Waals surface area contributed by atoms with Gasteiger partial charge in [-0.25, -0.2) is 4.79 Å². The molecule has 8 rings (SSSR count). The molecule has 0 aliphatic carbocycles. The van der Waals surface area contributed by atoms with Crippen LogP contribution in [0.5, 0.6) is 11.5 Å². The summed E-state index contributed by atoms with van der Waals surface area (Å²) in [4.78, 5) is 28.9. The monoisotopic (exact) mass is 818 g/mol. The summed E-state index contributed by atoms with van der Waals surface area (Å²) in [6, 6.07) is 55.0. The van der Waals surface area contributed by atoms with Crippen LogP contribution in [0.1, 0.15) is 51.6 Å². The van der Waals surface area contributed by atoms with Gasteiger partial charge in [0.05, 0.1) is 26.9 Å². The first kappa shape index (κ1) is 40.6. The number of rotatable bonds is 14. The van der Waals surface area contributed by atoms with E-state index in [1.807, 2.05) is 170 Å². The van der Waals surface area contributed by atoms with Gasteiger partial charge < -0.3 is 24.1 Å². The SMILES string of the molecule is COc1ccc(C(OC[C@H]2O[C@@H](n3cc(C)c(=O)n(SC(c4ccccc4)(c4ccccc4)c4ccccc4)c3=O)C[C@@H]2O)(c2ccccc2)c2ccc(OC)cc2)cc1. The summed E-state index contributed by atoms with van der Waals surface area (Å²) in [6.45, 7) is 1.65. The van der Waals surface area contributed by atoms with Crippen molar-refractivity contribution in [1.29, 1.82) is 0 Å². The molecule has 0 spiro atoms. The second-order valence-electron chi connectivity index (χ2n) is 14.7. The van der Waals surface area contributed by atoms with Crippen LogP contribution >= 0.6 is 11.9 Å². The van der Waals surface area contributed by atoms with E-state index in [-0.39, 0.29) is 13.0 Å². The molecular formula is C50H46N2O7S. The van der Waals surface area contributed by atoms with E-state index in [1.165, 1.54) is 14.7 Å². The molecule has 1 aromatic heterocycles. The average molecular weight is 819 g/mol. The zero-order valence-corrected chi connectivity index (χ0v) is 34.4. The Morgan fingerprint density at radius 2 is 1.05 bits per heavy atom. The van der Waals surface area contributed by atoms with Crippen molar-refractivity contribution >= 4 is 11.9 Å². The van der Waals surface area contributed by atoms with Gasteiger partial charge in [-0.05, 0) is 76.5 Å². The van der Waals surface area contributed by atoms with Gasteiger partial charge in [0.15, 0.2) is 0 Å². The van der Waals surface area contributed by atoms with Gasteiger partial charge in [0.1, 0.15) is 34.2 Å². The number of ether oxygens (including phenoxy) is 4. The van der Waals surface area contributed by atoms with Crippen LogP contribution in [0.4, 0.5) is 0 Å². The fourth-order valence-electron chi connectivity index (χ4n) is 8.09. The lowest BCUT2D eigenvalue weighted by Gasteiger charge is -2.37. The van der Waals surface area contributed by atoms with Crippen molar-refractivity contribution in [3.8, 4) is 11.5 Å². The van der Waals surface area contributed by atoms with Crippen molar-refractivity contribution < 1.29 is 24.1 Å². The van der Waals surface area contributed by atoms with Crippen LogP contribution in [-0.2, 0) is 19.8 Å². The molecule has 2 heterocycles. The van der Waals surface area contributed by atoms with E-state index in [0.29, 0.717) is 17.1 Å². The molecule has 1 fully saturated rings. The first-order chi connectivity index (χ1) is 29.3. The highest BCUT2D eigenvalue weighted by molar-refractivity contribution is 7.99. The van der Waals surface area contributed by atoms with Crippen molar-refractivity contribution in [3.05, 3.63) is 236 Å².